The van der Waals surface area contributed by atoms with Gasteiger partial charge in [-0.3, -0.25) is 9.47 Å². The van der Waals surface area contributed by atoms with Crippen LogP contribution >= 0.6 is 0 Å². The third-order valence-corrected chi connectivity index (χ3v) is 7.64. The topological polar surface area (TPSA) is 69.4 Å². The van der Waals surface area contributed by atoms with Crippen LogP contribution in [0.15, 0.2) is 33.9 Å². The zero-order chi connectivity index (χ0) is 22.1. The van der Waals surface area contributed by atoms with Gasteiger partial charge in [-0.2, -0.15) is 4.98 Å². The molecule has 1 aromatic carbocycles. The summed E-state index contributed by atoms with van der Waals surface area (Å²) in [5.41, 5.74) is 2.01. The van der Waals surface area contributed by atoms with Gasteiger partial charge in [-0.05, 0) is 63.0 Å². The molecule has 0 N–H and O–H groups in total. The third-order valence-electron chi connectivity index (χ3n) is 7.64. The number of aryl methyl sites for hydroxylation is 2. The summed E-state index contributed by atoms with van der Waals surface area (Å²) in [5.74, 6) is 0.660. The summed E-state index contributed by atoms with van der Waals surface area (Å²) in [5, 5.41) is 0. The van der Waals surface area contributed by atoms with Crippen molar-refractivity contribution < 1.29 is 4.74 Å². The highest BCUT2D eigenvalue weighted by molar-refractivity contribution is 5.24. The molecule has 2 bridgehead atoms. The lowest BCUT2D eigenvalue weighted by atomic mass is 9.99. The number of ether oxygens (including phenoxy) is 1. The first-order valence-electron chi connectivity index (χ1n) is 12.2. The number of piperidine rings is 1. The third kappa shape index (κ3) is 4.33. The van der Waals surface area contributed by atoms with Crippen molar-refractivity contribution in [1.29, 1.82) is 0 Å². The van der Waals surface area contributed by atoms with Crippen molar-refractivity contribution in [2.45, 2.75) is 96.2 Å². The predicted molar refractivity (Wildman–Crippen MR) is 123 cm³/mol. The van der Waals surface area contributed by atoms with Gasteiger partial charge in [-0.25, -0.2) is 14.2 Å². The average Bonchev–Trinajstić information content (AvgIpc) is 3.03. The lowest BCUT2D eigenvalue weighted by Gasteiger charge is -2.39. The number of hydrogen-bond acceptors (Lipinski definition) is 5. The molecule has 4 heterocycles. The van der Waals surface area contributed by atoms with Crippen molar-refractivity contribution in [3.05, 3.63) is 62.2 Å². The summed E-state index contributed by atoms with van der Waals surface area (Å²) in [7, 11) is 0. The molecule has 32 heavy (non-hydrogen) atoms. The van der Waals surface area contributed by atoms with Gasteiger partial charge in [0.15, 0.2) is 0 Å². The van der Waals surface area contributed by atoms with Crippen LogP contribution in [0.25, 0.3) is 0 Å². The van der Waals surface area contributed by atoms with Crippen molar-refractivity contribution in [2.24, 2.45) is 0 Å². The van der Waals surface area contributed by atoms with Crippen molar-refractivity contribution >= 4 is 0 Å². The minimum atomic E-state index is -0.380. The van der Waals surface area contributed by atoms with Gasteiger partial charge in [0.25, 0.3) is 0 Å². The Labute approximate surface area is 189 Å². The highest BCUT2D eigenvalue weighted by Crippen LogP contribution is 2.37. The van der Waals surface area contributed by atoms with Crippen molar-refractivity contribution in [1.82, 2.24) is 19.0 Å². The first kappa shape index (κ1) is 21.6. The fourth-order valence-electron chi connectivity index (χ4n) is 5.85. The smallest absolute Gasteiger partial charge is 0.353 e. The van der Waals surface area contributed by atoms with Gasteiger partial charge in [0.05, 0.1) is 12.7 Å². The minimum absolute atomic E-state index is 0.175. The molecule has 3 aliphatic rings. The Morgan fingerprint density at radius 2 is 1.84 bits per heavy atom. The lowest BCUT2D eigenvalue weighted by Crippen LogP contribution is -2.47. The Bertz CT molecular complexity index is 1060. The summed E-state index contributed by atoms with van der Waals surface area (Å²) in [6.45, 7) is 4.89. The second-order valence-electron chi connectivity index (χ2n) is 9.66. The van der Waals surface area contributed by atoms with E-state index in [-0.39, 0.29) is 11.4 Å². The van der Waals surface area contributed by atoms with E-state index < -0.39 is 0 Å². The van der Waals surface area contributed by atoms with Crippen LogP contribution in [0.2, 0.25) is 0 Å². The molecule has 5 rings (SSSR count). The molecular formula is C25H34N4O3. The number of hydrogen-bond donors (Lipinski definition) is 0. The fraction of sp³-hybridized carbons (Fsp3) is 0.640. The van der Waals surface area contributed by atoms with Crippen LogP contribution in [0.4, 0.5) is 0 Å². The SMILES string of the molecule is Cc1ccccc1COC1CC2CCC(C1)N2CCCn1c(=O)nc2n(c1=O)CCCC2. The maximum absolute atomic E-state index is 12.8. The number of nitrogens with zero attached hydrogens (tertiary/aromatic N) is 4. The van der Waals surface area contributed by atoms with E-state index in [2.05, 4.69) is 41.1 Å². The molecule has 0 spiro atoms. The summed E-state index contributed by atoms with van der Waals surface area (Å²) in [6, 6.07) is 9.54. The summed E-state index contributed by atoms with van der Waals surface area (Å²) < 4.78 is 9.35. The highest BCUT2D eigenvalue weighted by Gasteiger charge is 2.40. The molecule has 2 fully saturated rings. The first-order valence-corrected chi connectivity index (χ1v) is 12.2. The van der Waals surface area contributed by atoms with Crippen LogP contribution in [0, 0.1) is 6.92 Å². The maximum atomic E-state index is 12.8. The van der Waals surface area contributed by atoms with Crippen LogP contribution in [0.1, 0.15) is 61.9 Å². The standard InChI is InChI=1S/C25H34N4O3/c1-18-7-2-3-8-19(18)17-32-22-15-20-10-11-21(16-22)27(20)13-6-14-29-24(30)26-23-9-4-5-12-28(23)25(29)31/h2-3,7-8,20-22H,4-6,9-17H2,1H3. The summed E-state index contributed by atoms with van der Waals surface area (Å²) in [6.07, 6.45) is 8.43. The molecular weight excluding hydrogens is 404 g/mol. The lowest BCUT2D eigenvalue weighted by molar-refractivity contribution is -0.0287. The molecule has 0 saturated carbocycles. The zero-order valence-corrected chi connectivity index (χ0v) is 19.0. The Hall–Kier alpha value is -2.25. The monoisotopic (exact) mass is 438 g/mol. The van der Waals surface area contributed by atoms with E-state index in [0.717, 1.165) is 45.1 Å². The van der Waals surface area contributed by atoms with E-state index >= 15 is 0 Å². The Balaban J connectivity index is 1.16. The van der Waals surface area contributed by atoms with Crippen LogP contribution in [0.5, 0.6) is 0 Å². The van der Waals surface area contributed by atoms with Gasteiger partial charge in [-0.1, -0.05) is 24.3 Å². The summed E-state index contributed by atoms with van der Waals surface area (Å²) in [4.78, 5) is 32.0. The van der Waals surface area contributed by atoms with Gasteiger partial charge in [0.2, 0.25) is 0 Å². The molecule has 0 radical (unpaired) electrons. The molecule has 2 saturated heterocycles. The van der Waals surface area contributed by atoms with Gasteiger partial charge >= 0.3 is 11.4 Å². The van der Waals surface area contributed by atoms with E-state index in [1.54, 1.807) is 4.57 Å². The summed E-state index contributed by atoms with van der Waals surface area (Å²) >= 11 is 0. The highest BCUT2D eigenvalue weighted by atomic mass is 16.5. The first-order chi connectivity index (χ1) is 15.6. The molecule has 7 nitrogen and oxygen atoms in total. The van der Waals surface area contributed by atoms with E-state index in [9.17, 15) is 9.59 Å². The van der Waals surface area contributed by atoms with Crippen molar-refractivity contribution in [2.75, 3.05) is 6.54 Å². The molecule has 0 amide bonds. The van der Waals surface area contributed by atoms with Crippen molar-refractivity contribution in [3.63, 3.8) is 0 Å². The Morgan fingerprint density at radius 3 is 2.62 bits per heavy atom. The average molecular weight is 439 g/mol. The quantitative estimate of drug-likeness (QED) is 0.665. The van der Waals surface area contributed by atoms with Gasteiger partial charge in [0.1, 0.15) is 5.82 Å². The number of fused-ring (bicyclic) bond motifs is 3. The van der Waals surface area contributed by atoms with Crippen LogP contribution in [-0.2, 0) is 30.9 Å². The van der Waals surface area contributed by atoms with E-state index in [4.69, 9.17) is 4.74 Å². The van der Waals surface area contributed by atoms with E-state index in [0.29, 0.717) is 43.7 Å². The number of aromatic nitrogens is 3. The molecule has 2 unspecified atom stereocenters. The molecule has 2 atom stereocenters. The Kier molecular flexibility index (Phi) is 6.28. The largest absolute Gasteiger partial charge is 0.373 e. The zero-order valence-electron chi connectivity index (χ0n) is 19.0. The van der Waals surface area contributed by atoms with Gasteiger partial charge in [-0.15, -0.1) is 0 Å². The van der Waals surface area contributed by atoms with Crippen LogP contribution < -0.4 is 11.4 Å². The second-order valence-corrected chi connectivity index (χ2v) is 9.66. The van der Waals surface area contributed by atoms with Crippen molar-refractivity contribution in [3.8, 4) is 0 Å². The maximum Gasteiger partial charge on any atom is 0.353 e. The Morgan fingerprint density at radius 1 is 1.06 bits per heavy atom. The van der Waals surface area contributed by atoms with E-state index in [1.165, 1.54) is 28.5 Å². The second kappa shape index (κ2) is 9.32. The molecule has 172 valence electrons. The van der Waals surface area contributed by atoms with E-state index in [1.807, 2.05) is 0 Å². The normalized spacial score (nSPS) is 25.1. The fourth-order valence-corrected chi connectivity index (χ4v) is 5.85. The molecule has 7 heteroatoms. The van der Waals surface area contributed by atoms with Gasteiger partial charge < -0.3 is 4.74 Å². The molecule has 1 aromatic heterocycles. The molecule has 3 aliphatic heterocycles. The minimum Gasteiger partial charge on any atom is -0.373 e. The predicted octanol–water partition coefficient (Wildman–Crippen LogP) is 2.65. The number of benzene rings is 1. The van der Waals surface area contributed by atoms with Crippen LogP contribution in [-0.4, -0.2) is 43.8 Å². The number of rotatable bonds is 7. The van der Waals surface area contributed by atoms with Crippen LogP contribution in [0.3, 0.4) is 0 Å². The molecule has 2 aromatic rings. The van der Waals surface area contributed by atoms with Gasteiger partial charge in [0, 0.05) is 38.1 Å². The molecule has 0 aliphatic carbocycles.